The second-order valence-electron chi connectivity index (χ2n) is 9.37. The van der Waals surface area contributed by atoms with E-state index in [2.05, 4.69) is 41.7 Å². The quantitative estimate of drug-likeness (QED) is 0.138. The monoisotopic (exact) mass is 840 g/mol. The number of hydrogen-bond acceptors (Lipinski definition) is 8. The summed E-state index contributed by atoms with van der Waals surface area (Å²) in [6, 6.07) is 24.6. The molecule has 0 radical (unpaired) electrons. The normalized spacial score (nSPS) is 12.6. The molecule has 8 nitrogen and oxygen atoms in total. The predicted octanol–water partition coefficient (Wildman–Crippen LogP) is 5.72. The van der Waals surface area contributed by atoms with Crippen molar-refractivity contribution >= 4 is 88.2 Å². The van der Waals surface area contributed by atoms with E-state index in [1.807, 2.05) is 0 Å². The molecule has 0 N–H and O–H groups in total. The number of carbonyl (C=O) groups excluding carboxylic acids is 2. The molecule has 0 bridgehead atoms. The molecule has 4 aromatic rings. The van der Waals surface area contributed by atoms with Gasteiger partial charge in [0.05, 0.1) is 11.9 Å². The Bertz CT molecular complexity index is 1590. The number of ether oxygens (including phenoxy) is 4. The van der Waals surface area contributed by atoms with Crippen LogP contribution in [-0.4, -0.2) is 46.7 Å². The van der Waals surface area contributed by atoms with Crippen molar-refractivity contribution in [1.29, 1.82) is 0 Å². The summed E-state index contributed by atoms with van der Waals surface area (Å²) in [6.07, 6.45) is 3.07. The fourth-order valence-electron chi connectivity index (χ4n) is 4.22. The summed E-state index contributed by atoms with van der Waals surface area (Å²) < 4.78 is 23.1. The zero-order valence-corrected chi connectivity index (χ0v) is 30.2. The minimum absolute atomic E-state index is 0.0893. The Kier molecular flexibility index (Phi) is 12.5. The Balaban J connectivity index is 0.000000189. The molecule has 6 rings (SSSR count). The van der Waals surface area contributed by atoms with Gasteiger partial charge in [-0.25, -0.2) is 0 Å². The second-order valence-corrected chi connectivity index (χ2v) is 14.1. The van der Waals surface area contributed by atoms with Gasteiger partial charge in [0.2, 0.25) is 13.6 Å². The first kappa shape index (κ1) is 34.1. The van der Waals surface area contributed by atoms with Crippen LogP contribution in [0, 0.1) is 0 Å². The number of benzene rings is 4. The molecule has 45 heavy (non-hydrogen) atoms. The molecule has 0 atom stereocenters. The van der Waals surface area contributed by atoms with Crippen LogP contribution in [0.2, 0.25) is 9.88 Å². The fourth-order valence-corrected chi connectivity index (χ4v) is 4.75. The number of hydrogen-bond donors (Lipinski definition) is 0. The van der Waals surface area contributed by atoms with Gasteiger partial charge in [-0.15, -0.1) is 0 Å². The molecule has 0 amide bonds. The first-order valence-electron chi connectivity index (χ1n) is 13.5. The van der Waals surface area contributed by atoms with Crippen molar-refractivity contribution in [1.82, 2.24) is 0 Å². The summed E-state index contributed by atoms with van der Waals surface area (Å²) in [6.45, 7) is 0.276. The van der Waals surface area contributed by atoms with Gasteiger partial charge < -0.3 is 38.7 Å². The van der Waals surface area contributed by atoms with Crippen LogP contribution in [0.25, 0.3) is 23.3 Å². The predicted molar refractivity (Wildman–Crippen MR) is 177 cm³/mol. The van der Waals surface area contributed by atoms with Crippen molar-refractivity contribution in [2.75, 3.05) is 13.6 Å². The van der Waals surface area contributed by atoms with E-state index < -0.39 is 11.9 Å². The van der Waals surface area contributed by atoms with Gasteiger partial charge in [0.15, 0.2) is 23.0 Å². The summed E-state index contributed by atoms with van der Waals surface area (Å²) in [5.74, 6) is -0.168. The van der Waals surface area contributed by atoms with Crippen LogP contribution in [0.5, 0.6) is 23.0 Å². The number of rotatable bonds is 6. The molecule has 0 spiro atoms. The summed E-state index contributed by atoms with van der Waals surface area (Å²) >= 11 is 6.87. The van der Waals surface area contributed by atoms with Gasteiger partial charge in [-0.3, -0.25) is 0 Å². The van der Waals surface area contributed by atoms with Crippen molar-refractivity contribution in [2.24, 2.45) is 0 Å². The van der Waals surface area contributed by atoms with Crippen LogP contribution >= 0.6 is 31.9 Å². The standard InChI is InChI=1S/2C16H11BrO4.2CH3.Sn/c2*17-12-6-4-10(5-7-12)13(16(18)19)8-11-2-1-3-14-15(11)21-9-20-14;;;/h2*1-8H,9H2,(H,18,19);2*1H3;/q;;;;+2/p-2/b2*13-8+;;;. The number of carbonyl (C=O) groups is 2. The summed E-state index contributed by atoms with van der Waals surface area (Å²) in [5.41, 5.74) is 2.60. The molecule has 228 valence electrons. The van der Waals surface area contributed by atoms with Gasteiger partial charge in [0, 0.05) is 31.2 Å². The van der Waals surface area contributed by atoms with Gasteiger partial charge in [-0.1, -0.05) is 80.4 Å². The van der Waals surface area contributed by atoms with Crippen molar-refractivity contribution in [3.63, 3.8) is 0 Å². The molecule has 4 aromatic carbocycles. The SMILES string of the molecule is O=C([O-])/C(=C/c1cccc2c1OCO2)c1ccc(Br)cc1.O=C([O-])/C(=C/c1cccc2c1OCO2)c1ccc(Br)cc1.[CH3][Sn+2][CH3]. The average Bonchev–Trinajstić information content (AvgIpc) is 3.71. The summed E-state index contributed by atoms with van der Waals surface area (Å²) in [7, 11) is 0. The Hall–Kier alpha value is -3.74. The van der Waals surface area contributed by atoms with Crippen LogP contribution in [0.4, 0.5) is 0 Å². The van der Waals surface area contributed by atoms with E-state index in [0.29, 0.717) is 45.3 Å². The van der Waals surface area contributed by atoms with E-state index in [9.17, 15) is 19.8 Å². The molecule has 2 aliphatic rings. The first-order chi connectivity index (χ1) is 21.7. The fraction of sp³-hybridized carbons (Fsp3) is 0.118. The number of aliphatic carboxylic acids is 2. The average molecular weight is 841 g/mol. The summed E-state index contributed by atoms with van der Waals surface area (Å²) in [4.78, 5) is 27.4. The molecule has 2 aliphatic heterocycles. The molecule has 0 saturated heterocycles. The number of fused-ring (bicyclic) bond motifs is 2. The van der Waals surface area contributed by atoms with Crippen molar-refractivity contribution in [2.45, 2.75) is 9.88 Å². The molecule has 0 fully saturated rings. The second kappa shape index (κ2) is 16.5. The molecular formula is C34H26Br2O8Sn. The van der Waals surface area contributed by atoms with E-state index in [-0.39, 0.29) is 45.9 Å². The third kappa shape index (κ3) is 9.15. The number of carboxylic acids is 2. The Labute approximate surface area is 287 Å². The zero-order chi connectivity index (χ0) is 32.3. The molecule has 11 heteroatoms. The van der Waals surface area contributed by atoms with Crippen LogP contribution in [0.15, 0.2) is 93.9 Å². The van der Waals surface area contributed by atoms with Gasteiger partial charge in [0.25, 0.3) is 0 Å². The zero-order valence-electron chi connectivity index (χ0n) is 24.2. The number of para-hydroxylation sites is 2. The summed E-state index contributed by atoms with van der Waals surface area (Å²) in [5, 5.41) is 22.9. The van der Waals surface area contributed by atoms with Gasteiger partial charge in [-0.05, 0) is 59.7 Å². The van der Waals surface area contributed by atoms with Crippen LogP contribution in [0.3, 0.4) is 0 Å². The van der Waals surface area contributed by atoms with E-state index in [1.54, 1.807) is 84.9 Å². The van der Waals surface area contributed by atoms with E-state index >= 15 is 0 Å². The van der Waals surface area contributed by atoms with Gasteiger partial charge in [-0.2, -0.15) is 0 Å². The minimum atomic E-state index is -1.24. The van der Waals surface area contributed by atoms with Crippen LogP contribution < -0.4 is 29.2 Å². The topological polar surface area (TPSA) is 117 Å². The maximum atomic E-state index is 11.4. The molecule has 0 aliphatic carbocycles. The third-order valence-corrected chi connectivity index (χ3v) is 7.26. The van der Waals surface area contributed by atoms with E-state index in [0.717, 1.165) is 8.95 Å². The molecule has 0 aromatic heterocycles. The molecular weight excluding hydrogens is 815 g/mol. The van der Waals surface area contributed by atoms with Crippen LogP contribution in [0.1, 0.15) is 22.3 Å². The van der Waals surface area contributed by atoms with E-state index in [1.165, 1.54) is 12.2 Å². The van der Waals surface area contributed by atoms with Crippen LogP contribution in [-0.2, 0) is 9.59 Å². The number of halogens is 2. The van der Waals surface area contributed by atoms with E-state index in [4.69, 9.17) is 18.9 Å². The van der Waals surface area contributed by atoms with Gasteiger partial charge >= 0.3 is 31.0 Å². The molecule has 0 unspecified atom stereocenters. The van der Waals surface area contributed by atoms with Crippen molar-refractivity contribution < 1.29 is 38.7 Å². The van der Waals surface area contributed by atoms with Gasteiger partial charge in [0.1, 0.15) is 0 Å². The van der Waals surface area contributed by atoms with Crippen molar-refractivity contribution in [3.8, 4) is 23.0 Å². The Morgan fingerprint density at radius 2 is 0.978 bits per heavy atom. The number of carboxylic acid groups (broad SMARTS) is 2. The third-order valence-electron chi connectivity index (χ3n) is 6.20. The molecule has 2 heterocycles. The Morgan fingerprint density at radius 1 is 0.622 bits per heavy atom. The molecule has 0 saturated carbocycles. The Morgan fingerprint density at radius 3 is 1.31 bits per heavy atom. The maximum absolute atomic E-state index is 11.4. The first-order valence-corrected chi connectivity index (χ1v) is 20.7. The van der Waals surface area contributed by atoms with Crippen molar-refractivity contribution in [3.05, 3.63) is 116 Å².